The summed E-state index contributed by atoms with van der Waals surface area (Å²) >= 11 is 0. The molecule has 2 aliphatic heterocycles. The van der Waals surface area contributed by atoms with E-state index in [4.69, 9.17) is 14.6 Å². The fraction of sp³-hybridized carbons (Fsp3) is 0.450. The van der Waals surface area contributed by atoms with Crippen molar-refractivity contribution in [1.82, 2.24) is 19.8 Å². The Morgan fingerprint density at radius 1 is 1.25 bits per heavy atom. The average molecular weight is 386 g/mol. The van der Waals surface area contributed by atoms with E-state index in [0.29, 0.717) is 19.6 Å². The quantitative estimate of drug-likeness (QED) is 0.775. The van der Waals surface area contributed by atoms with Crippen LogP contribution in [0, 0.1) is 0 Å². The van der Waals surface area contributed by atoms with Crippen LogP contribution in [0.5, 0.6) is 0 Å². The number of likely N-dealkylation sites (tertiary alicyclic amines) is 1. The molecule has 0 radical (unpaired) electrons. The van der Waals surface area contributed by atoms with Crippen molar-refractivity contribution in [2.75, 3.05) is 26.2 Å². The molecule has 3 heterocycles. The number of nitrogens with zero attached hydrogens (tertiary/aromatic N) is 3. The van der Waals surface area contributed by atoms with Gasteiger partial charge in [-0.15, -0.1) is 0 Å². The van der Waals surface area contributed by atoms with Crippen LogP contribution < -0.4 is 5.32 Å². The van der Waals surface area contributed by atoms with Crippen LogP contribution in [0.3, 0.4) is 0 Å². The van der Waals surface area contributed by atoms with Gasteiger partial charge in [-0.3, -0.25) is 14.5 Å². The van der Waals surface area contributed by atoms with Crippen LogP contribution in [-0.4, -0.2) is 63.8 Å². The highest BCUT2D eigenvalue weighted by Crippen LogP contribution is 2.28. The van der Waals surface area contributed by atoms with Crippen LogP contribution in [0.25, 0.3) is 5.69 Å². The Balaban J connectivity index is 0.000000706. The first kappa shape index (κ1) is 20.0. The molecule has 4 rings (SSSR count). The second-order valence-corrected chi connectivity index (χ2v) is 7.08. The Morgan fingerprint density at radius 2 is 1.96 bits per heavy atom. The zero-order valence-electron chi connectivity index (χ0n) is 15.8. The Kier molecular flexibility index (Phi) is 6.78. The van der Waals surface area contributed by atoms with E-state index in [2.05, 4.69) is 39.5 Å². The van der Waals surface area contributed by atoms with Gasteiger partial charge < -0.3 is 19.7 Å². The van der Waals surface area contributed by atoms with Gasteiger partial charge in [0, 0.05) is 50.7 Å². The summed E-state index contributed by atoms with van der Waals surface area (Å²) in [5.41, 5.74) is 2.28. The van der Waals surface area contributed by atoms with E-state index in [1.54, 1.807) is 6.20 Å². The number of carboxylic acid groups (broad SMARTS) is 1. The van der Waals surface area contributed by atoms with Crippen LogP contribution in [0.1, 0.15) is 24.8 Å². The standard InChI is InChI=1S/C19H24N4O2.CH2O2/c24-18-5-12-25-19(14-21-18)6-9-22(10-7-19)13-16-1-3-17(4-2-16)23-11-8-20-15-23;2-1-3/h1-4,8,11,15H,5-7,9-10,12-14H2,(H,21,24);1H,(H,2,3). The average Bonchev–Trinajstić information content (AvgIpc) is 3.18. The maximum absolute atomic E-state index is 11.5. The van der Waals surface area contributed by atoms with E-state index < -0.39 is 0 Å². The molecular formula is C20H26N4O4. The van der Waals surface area contributed by atoms with Crippen molar-refractivity contribution in [3.63, 3.8) is 0 Å². The number of amides is 1. The number of aromatic nitrogens is 2. The molecule has 2 aromatic rings. The number of ether oxygens (including phenoxy) is 1. The molecule has 28 heavy (non-hydrogen) atoms. The molecule has 1 aromatic carbocycles. The van der Waals surface area contributed by atoms with Crippen LogP contribution in [0.15, 0.2) is 43.0 Å². The highest BCUT2D eigenvalue weighted by molar-refractivity contribution is 5.76. The molecule has 2 saturated heterocycles. The molecule has 0 bridgehead atoms. The largest absolute Gasteiger partial charge is 0.483 e. The summed E-state index contributed by atoms with van der Waals surface area (Å²) in [7, 11) is 0. The first-order chi connectivity index (χ1) is 13.6. The van der Waals surface area contributed by atoms with E-state index in [1.165, 1.54) is 5.56 Å². The highest BCUT2D eigenvalue weighted by Gasteiger charge is 2.37. The molecular weight excluding hydrogens is 360 g/mol. The highest BCUT2D eigenvalue weighted by atomic mass is 16.5. The van der Waals surface area contributed by atoms with Crippen LogP contribution in [0.2, 0.25) is 0 Å². The van der Waals surface area contributed by atoms with Gasteiger partial charge in [0.1, 0.15) is 0 Å². The topological polar surface area (TPSA) is 96.7 Å². The Morgan fingerprint density at radius 3 is 2.61 bits per heavy atom. The van der Waals surface area contributed by atoms with Crippen molar-refractivity contribution in [1.29, 1.82) is 0 Å². The van der Waals surface area contributed by atoms with Crippen LogP contribution in [-0.2, 0) is 20.9 Å². The van der Waals surface area contributed by atoms with Gasteiger partial charge in [0.05, 0.1) is 18.5 Å². The normalized spacial score (nSPS) is 19.2. The van der Waals surface area contributed by atoms with Gasteiger partial charge in [0.15, 0.2) is 0 Å². The second kappa shape index (κ2) is 9.48. The van der Waals surface area contributed by atoms with Crippen molar-refractivity contribution in [2.24, 2.45) is 0 Å². The second-order valence-electron chi connectivity index (χ2n) is 7.08. The van der Waals surface area contributed by atoms with Gasteiger partial charge >= 0.3 is 0 Å². The smallest absolute Gasteiger partial charge is 0.290 e. The molecule has 0 aliphatic carbocycles. The lowest BCUT2D eigenvalue weighted by Crippen LogP contribution is -2.50. The summed E-state index contributed by atoms with van der Waals surface area (Å²) in [5.74, 6) is 0.109. The summed E-state index contributed by atoms with van der Waals surface area (Å²) in [4.78, 5) is 26.4. The van der Waals surface area contributed by atoms with Crippen molar-refractivity contribution in [2.45, 2.75) is 31.4 Å². The Hall–Kier alpha value is -2.71. The van der Waals surface area contributed by atoms with E-state index in [-0.39, 0.29) is 18.0 Å². The van der Waals surface area contributed by atoms with Crippen LogP contribution in [0.4, 0.5) is 0 Å². The van der Waals surface area contributed by atoms with Gasteiger partial charge in [-0.25, -0.2) is 4.98 Å². The fourth-order valence-electron chi connectivity index (χ4n) is 3.64. The molecule has 1 spiro atoms. The Bertz CT molecular complexity index is 753. The van der Waals surface area contributed by atoms with Crippen molar-refractivity contribution < 1.29 is 19.4 Å². The lowest BCUT2D eigenvalue weighted by atomic mass is 9.90. The van der Waals surface area contributed by atoms with E-state index in [0.717, 1.165) is 38.2 Å². The molecule has 150 valence electrons. The molecule has 8 heteroatoms. The Labute approximate surface area is 164 Å². The molecule has 1 amide bonds. The molecule has 0 atom stereocenters. The SMILES string of the molecule is O=C1CCOC2(CCN(Cc3ccc(-n4ccnc4)cc3)CC2)CN1.O=CO. The minimum absolute atomic E-state index is 0.109. The van der Waals surface area contributed by atoms with Crippen molar-refractivity contribution in [3.8, 4) is 5.69 Å². The first-order valence-corrected chi connectivity index (χ1v) is 9.42. The minimum atomic E-state index is -0.250. The number of carbonyl (C=O) groups is 2. The summed E-state index contributed by atoms with van der Waals surface area (Å²) in [6.07, 6.45) is 7.97. The fourth-order valence-corrected chi connectivity index (χ4v) is 3.64. The van der Waals surface area contributed by atoms with Gasteiger partial charge in [-0.2, -0.15) is 0 Å². The summed E-state index contributed by atoms with van der Waals surface area (Å²) in [6, 6.07) is 8.63. The van der Waals surface area contributed by atoms with E-state index in [9.17, 15) is 4.79 Å². The van der Waals surface area contributed by atoms with Gasteiger partial charge in [-0.1, -0.05) is 12.1 Å². The first-order valence-electron chi connectivity index (χ1n) is 9.42. The number of nitrogens with one attached hydrogen (secondary N) is 1. The number of piperidine rings is 1. The van der Waals surface area contributed by atoms with Gasteiger partial charge in [0.2, 0.25) is 5.91 Å². The maximum Gasteiger partial charge on any atom is 0.290 e. The molecule has 1 aromatic heterocycles. The third kappa shape index (κ3) is 5.17. The van der Waals surface area contributed by atoms with Gasteiger partial charge in [-0.05, 0) is 30.5 Å². The molecule has 8 nitrogen and oxygen atoms in total. The summed E-state index contributed by atoms with van der Waals surface area (Å²) in [5, 5.41) is 9.89. The van der Waals surface area contributed by atoms with Crippen molar-refractivity contribution >= 4 is 12.4 Å². The predicted octanol–water partition coefficient (Wildman–Crippen LogP) is 1.44. The minimum Gasteiger partial charge on any atom is -0.483 e. The number of benzene rings is 1. The number of rotatable bonds is 3. The molecule has 2 aliphatic rings. The third-order valence-electron chi connectivity index (χ3n) is 5.26. The monoisotopic (exact) mass is 386 g/mol. The zero-order valence-corrected chi connectivity index (χ0v) is 15.8. The maximum atomic E-state index is 11.5. The molecule has 2 N–H and O–H groups in total. The molecule has 0 unspecified atom stereocenters. The van der Waals surface area contributed by atoms with Crippen LogP contribution >= 0.6 is 0 Å². The number of carbonyl (C=O) groups excluding carboxylic acids is 1. The number of hydrogen-bond donors (Lipinski definition) is 2. The lowest BCUT2D eigenvalue weighted by molar-refractivity contribution is -0.123. The zero-order chi connectivity index (χ0) is 19.8. The number of imidazole rings is 1. The van der Waals surface area contributed by atoms with E-state index in [1.807, 2.05) is 17.1 Å². The number of hydrogen-bond acceptors (Lipinski definition) is 5. The lowest BCUT2D eigenvalue weighted by Gasteiger charge is -2.40. The molecule has 2 fully saturated rings. The van der Waals surface area contributed by atoms with Gasteiger partial charge in [0.25, 0.3) is 6.47 Å². The third-order valence-corrected chi connectivity index (χ3v) is 5.26. The molecule has 0 saturated carbocycles. The summed E-state index contributed by atoms with van der Waals surface area (Å²) < 4.78 is 8.04. The summed E-state index contributed by atoms with van der Waals surface area (Å²) in [6.45, 7) is 3.89. The predicted molar refractivity (Wildman–Crippen MR) is 103 cm³/mol. The van der Waals surface area contributed by atoms with E-state index >= 15 is 0 Å². The van der Waals surface area contributed by atoms with Crippen molar-refractivity contribution in [3.05, 3.63) is 48.5 Å².